The first-order valence-corrected chi connectivity index (χ1v) is 8.31. The number of ether oxygens (including phenoxy) is 1. The molecule has 0 bridgehead atoms. The maximum Gasteiger partial charge on any atom is 0.230 e. The van der Waals surface area contributed by atoms with Crippen LogP contribution in [-0.2, 0) is 14.9 Å². The van der Waals surface area contributed by atoms with Crippen molar-refractivity contribution in [2.75, 3.05) is 33.4 Å². The van der Waals surface area contributed by atoms with E-state index in [2.05, 4.69) is 10.6 Å². The summed E-state index contributed by atoms with van der Waals surface area (Å²) in [4.78, 5) is 12.7. The van der Waals surface area contributed by atoms with Crippen LogP contribution in [0.2, 0.25) is 5.02 Å². The number of amides is 1. The topological polar surface area (TPSA) is 50.4 Å². The summed E-state index contributed by atoms with van der Waals surface area (Å²) < 4.78 is 4.97. The third-order valence-electron chi connectivity index (χ3n) is 4.36. The van der Waals surface area contributed by atoms with Crippen molar-refractivity contribution in [1.82, 2.24) is 10.6 Å². The minimum Gasteiger partial charge on any atom is -0.383 e. The van der Waals surface area contributed by atoms with Crippen LogP contribution < -0.4 is 10.6 Å². The van der Waals surface area contributed by atoms with Gasteiger partial charge in [0.05, 0.1) is 12.0 Å². The molecular weight excluding hydrogens is 300 g/mol. The van der Waals surface area contributed by atoms with Crippen molar-refractivity contribution in [3.8, 4) is 0 Å². The summed E-state index contributed by atoms with van der Waals surface area (Å²) in [5, 5.41) is 7.02. The summed E-state index contributed by atoms with van der Waals surface area (Å²) in [5.41, 5.74) is 0.705. The number of nitrogens with one attached hydrogen (secondary N) is 2. The molecule has 1 aromatic carbocycles. The maximum absolute atomic E-state index is 12.7. The molecule has 1 aliphatic carbocycles. The number of benzene rings is 1. The van der Waals surface area contributed by atoms with Crippen molar-refractivity contribution in [3.63, 3.8) is 0 Å². The lowest BCUT2D eigenvalue weighted by molar-refractivity contribution is -0.126. The Hall–Kier alpha value is -1.10. The molecule has 1 amide bonds. The first kappa shape index (κ1) is 17.3. The Bertz CT molecular complexity index is 470. The lowest BCUT2D eigenvalue weighted by Gasteiger charge is -2.28. The van der Waals surface area contributed by atoms with Gasteiger partial charge in [-0.25, -0.2) is 0 Å². The van der Waals surface area contributed by atoms with Crippen LogP contribution in [0.3, 0.4) is 0 Å². The van der Waals surface area contributed by atoms with Crippen LogP contribution in [0.25, 0.3) is 0 Å². The van der Waals surface area contributed by atoms with Gasteiger partial charge in [0.2, 0.25) is 5.91 Å². The monoisotopic (exact) mass is 324 g/mol. The van der Waals surface area contributed by atoms with Gasteiger partial charge in [0.15, 0.2) is 0 Å². The fourth-order valence-corrected chi connectivity index (χ4v) is 3.25. The molecule has 5 heteroatoms. The third kappa shape index (κ3) is 4.22. The van der Waals surface area contributed by atoms with Crippen molar-refractivity contribution in [2.24, 2.45) is 0 Å². The highest BCUT2D eigenvalue weighted by Crippen LogP contribution is 2.41. The van der Waals surface area contributed by atoms with Crippen LogP contribution >= 0.6 is 11.6 Å². The summed E-state index contributed by atoms with van der Waals surface area (Å²) in [7, 11) is 1.68. The van der Waals surface area contributed by atoms with Gasteiger partial charge >= 0.3 is 0 Å². The Labute approximate surface area is 137 Å². The molecule has 0 unspecified atom stereocenters. The highest BCUT2D eigenvalue weighted by atomic mass is 35.5. The maximum atomic E-state index is 12.7. The lowest BCUT2D eigenvalue weighted by atomic mass is 9.78. The summed E-state index contributed by atoms with van der Waals surface area (Å²) in [6, 6.07) is 7.72. The molecule has 0 saturated heterocycles. The van der Waals surface area contributed by atoms with Crippen LogP contribution in [0, 0.1) is 0 Å². The minimum absolute atomic E-state index is 0.140. The van der Waals surface area contributed by atoms with E-state index in [0.717, 1.165) is 44.3 Å². The first-order valence-electron chi connectivity index (χ1n) is 7.93. The average molecular weight is 325 g/mol. The summed E-state index contributed by atoms with van der Waals surface area (Å²) in [5.74, 6) is 0.140. The van der Waals surface area contributed by atoms with Crippen molar-refractivity contribution in [1.29, 1.82) is 0 Å². The van der Waals surface area contributed by atoms with Gasteiger partial charge in [-0.1, -0.05) is 36.6 Å². The van der Waals surface area contributed by atoms with Crippen LogP contribution in [0.1, 0.15) is 31.2 Å². The van der Waals surface area contributed by atoms with Gasteiger partial charge in [-0.3, -0.25) is 4.79 Å². The van der Waals surface area contributed by atoms with E-state index in [-0.39, 0.29) is 11.3 Å². The molecular formula is C17H25ClN2O2. The Morgan fingerprint density at radius 2 is 1.86 bits per heavy atom. The average Bonchev–Trinajstić information content (AvgIpc) is 3.02. The molecule has 1 aromatic rings. The van der Waals surface area contributed by atoms with Crippen molar-refractivity contribution >= 4 is 17.5 Å². The number of carbonyl (C=O) groups is 1. The quantitative estimate of drug-likeness (QED) is 0.722. The lowest BCUT2D eigenvalue weighted by Crippen LogP contribution is -2.44. The number of halogens is 1. The predicted molar refractivity (Wildman–Crippen MR) is 89.4 cm³/mol. The Kier molecular flexibility index (Phi) is 6.68. The number of hydrogen-bond acceptors (Lipinski definition) is 3. The highest BCUT2D eigenvalue weighted by molar-refractivity contribution is 6.30. The van der Waals surface area contributed by atoms with E-state index < -0.39 is 0 Å². The van der Waals surface area contributed by atoms with Gasteiger partial charge in [-0.15, -0.1) is 0 Å². The van der Waals surface area contributed by atoms with E-state index in [1.165, 1.54) is 0 Å². The second kappa shape index (κ2) is 8.51. The third-order valence-corrected chi connectivity index (χ3v) is 4.61. The highest BCUT2D eigenvalue weighted by Gasteiger charge is 2.42. The van der Waals surface area contributed by atoms with E-state index in [1.807, 2.05) is 24.3 Å². The van der Waals surface area contributed by atoms with Gasteiger partial charge in [0, 0.05) is 31.8 Å². The molecule has 2 rings (SSSR count). The zero-order chi connectivity index (χ0) is 15.8. The Balaban J connectivity index is 1.93. The van der Waals surface area contributed by atoms with E-state index >= 15 is 0 Å². The molecule has 0 aromatic heterocycles. The molecule has 0 atom stereocenters. The van der Waals surface area contributed by atoms with Crippen molar-refractivity contribution in [3.05, 3.63) is 34.9 Å². The molecule has 1 saturated carbocycles. The number of methoxy groups -OCH3 is 1. The molecule has 0 heterocycles. The molecule has 0 aliphatic heterocycles. The predicted octanol–water partition coefficient (Wildman–Crippen LogP) is 2.50. The first-order chi connectivity index (χ1) is 10.7. The van der Waals surface area contributed by atoms with E-state index in [4.69, 9.17) is 16.3 Å². The smallest absolute Gasteiger partial charge is 0.230 e. The van der Waals surface area contributed by atoms with Gasteiger partial charge in [0.25, 0.3) is 0 Å². The number of hydrogen-bond donors (Lipinski definition) is 2. The summed E-state index contributed by atoms with van der Waals surface area (Å²) in [6.45, 7) is 2.88. The van der Waals surface area contributed by atoms with E-state index in [1.54, 1.807) is 7.11 Å². The van der Waals surface area contributed by atoms with Gasteiger partial charge in [0.1, 0.15) is 0 Å². The van der Waals surface area contributed by atoms with Crippen LogP contribution in [-0.4, -0.2) is 39.3 Å². The minimum atomic E-state index is -0.378. The standard InChI is InChI=1S/C17H25ClN2O2/c1-22-13-12-19-10-11-20-16(21)17(8-2-3-9-17)14-4-6-15(18)7-5-14/h4-7,19H,2-3,8-13H2,1H3,(H,20,21). The summed E-state index contributed by atoms with van der Waals surface area (Å²) in [6.07, 6.45) is 4.03. The van der Waals surface area contributed by atoms with Gasteiger partial charge in [-0.05, 0) is 30.5 Å². The molecule has 2 N–H and O–H groups in total. The Morgan fingerprint density at radius 3 is 2.50 bits per heavy atom. The van der Waals surface area contributed by atoms with Crippen molar-refractivity contribution in [2.45, 2.75) is 31.1 Å². The molecule has 0 radical (unpaired) electrons. The largest absolute Gasteiger partial charge is 0.383 e. The number of rotatable bonds is 8. The molecule has 1 aliphatic rings. The normalized spacial score (nSPS) is 16.6. The van der Waals surface area contributed by atoms with Gasteiger partial charge in [-0.2, -0.15) is 0 Å². The molecule has 122 valence electrons. The molecule has 4 nitrogen and oxygen atoms in total. The fraction of sp³-hybridized carbons (Fsp3) is 0.588. The SMILES string of the molecule is COCCNCCNC(=O)C1(c2ccc(Cl)cc2)CCCC1. The van der Waals surface area contributed by atoms with E-state index in [9.17, 15) is 4.79 Å². The molecule has 22 heavy (non-hydrogen) atoms. The van der Waals surface area contributed by atoms with Crippen molar-refractivity contribution < 1.29 is 9.53 Å². The van der Waals surface area contributed by atoms with E-state index in [0.29, 0.717) is 18.2 Å². The van der Waals surface area contributed by atoms with Crippen LogP contribution in [0.5, 0.6) is 0 Å². The zero-order valence-corrected chi connectivity index (χ0v) is 13.9. The second-order valence-corrected chi connectivity index (χ2v) is 6.23. The van der Waals surface area contributed by atoms with Gasteiger partial charge < -0.3 is 15.4 Å². The summed E-state index contributed by atoms with van der Waals surface area (Å²) >= 11 is 5.97. The Morgan fingerprint density at radius 1 is 1.18 bits per heavy atom. The number of carbonyl (C=O) groups excluding carboxylic acids is 1. The molecule has 1 fully saturated rings. The molecule has 0 spiro atoms. The van der Waals surface area contributed by atoms with Crippen LogP contribution in [0.15, 0.2) is 24.3 Å². The second-order valence-electron chi connectivity index (χ2n) is 5.79. The van der Waals surface area contributed by atoms with Crippen LogP contribution in [0.4, 0.5) is 0 Å². The fourth-order valence-electron chi connectivity index (χ4n) is 3.13. The zero-order valence-electron chi connectivity index (χ0n) is 13.2.